The molecule has 2 aromatic carbocycles. The van der Waals surface area contributed by atoms with Gasteiger partial charge in [-0.3, -0.25) is 0 Å². The second-order valence-electron chi connectivity index (χ2n) is 13.6. The fraction of sp³-hybridized carbons (Fsp3) is 0.636. The fourth-order valence-electron chi connectivity index (χ4n) is 7.00. The Morgan fingerprint density at radius 3 is 1.78 bits per heavy atom. The first-order chi connectivity index (χ1) is 16.8. The van der Waals surface area contributed by atoms with Crippen molar-refractivity contribution in [3.63, 3.8) is 0 Å². The molecular weight excluding hydrogens is 456 g/mol. The first-order valence-corrected chi connectivity index (χ1v) is 16.1. The van der Waals surface area contributed by atoms with E-state index < -0.39 is 8.32 Å². The Kier molecular flexibility index (Phi) is 9.01. The van der Waals surface area contributed by atoms with Gasteiger partial charge < -0.3 is 9.53 Å². The third-order valence-electron chi connectivity index (χ3n) is 10.2. The molecule has 0 bridgehead atoms. The first-order valence-electron chi connectivity index (χ1n) is 14.2. The van der Waals surface area contributed by atoms with Crippen LogP contribution < -0.4 is 10.4 Å². The van der Waals surface area contributed by atoms with Gasteiger partial charge in [-0.25, -0.2) is 0 Å². The molecule has 200 valence electrons. The number of hydrogen-bond acceptors (Lipinski definition) is 2. The van der Waals surface area contributed by atoms with Crippen molar-refractivity contribution in [2.24, 2.45) is 28.6 Å². The second kappa shape index (κ2) is 11.1. The molecule has 1 N–H and O–H groups in total. The zero-order chi connectivity index (χ0) is 26.8. The van der Waals surface area contributed by atoms with E-state index in [1.807, 2.05) is 0 Å². The second-order valence-corrected chi connectivity index (χ2v) is 17.9. The van der Waals surface area contributed by atoms with Crippen LogP contribution in [0, 0.1) is 28.6 Å². The summed E-state index contributed by atoms with van der Waals surface area (Å²) in [4.78, 5) is 0. The van der Waals surface area contributed by atoms with E-state index in [9.17, 15) is 5.11 Å². The lowest BCUT2D eigenvalue weighted by atomic mass is 9.59. The molecule has 0 aliphatic heterocycles. The van der Waals surface area contributed by atoms with Gasteiger partial charge in [-0.1, -0.05) is 123 Å². The van der Waals surface area contributed by atoms with Crippen molar-refractivity contribution in [2.75, 3.05) is 6.61 Å². The molecule has 3 rings (SSSR count). The van der Waals surface area contributed by atoms with Crippen molar-refractivity contribution in [1.82, 2.24) is 0 Å². The van der Waals surface area contributed by atoms with Gasteiger partial charge in [0.15, 0.2) is 0 Å². The lowest BCUT2D eigenvalue weighted by Crippen LogP contribution is -2.68. The van der Waals surface area contributed by atoms with Crippen LogP contribution in [0.2, 0.25) is 5.04 Å². The summed E-state index contributed by atoms with van der Waals surface area (Å²) in [6, 6.07) is 22.1. The molecule has 2 nitrogen and oxygen atoms in total. The van der Waals surface area contributed by atoms with Crippen LogP contribution in [0.1, 0.15) is 88.0 Å². The van der Waals surface area contributed by atoms with Crippen molar-refractivity contribution in [3.8, 4) is 0 Å². The minimum atomic E-state index is -2.58. The van der Waals surface area contributed by atoms with Gasteiger partial charge in [0, 0.05) is 12.7 Å². The van der Waals surface area contributed by atoms with Gasteiger partial charge in [0.25, 0.3) is 8.32 Å². The lowest BCUT2D eigenvalue weighted by molar-refractivity contribution is 0.00513. The van der Waals surface area contributed by atoms with Crippen LogP contribution in [0.5, 0.6) is 0 Å². The Morgan fingerprint density at radius 2 is 1.39 bits per heavy atom. The molecule has 4 atom stereocenters. The van der Waals surface area contributed by atoms with E-state index in [2.05, 4.69) is 123 Å². The summed E-state index contributed by atoms with van der Waals surface area (Å²) in [6.45, 7) is 21.8. The zero-order valence-corrected chi connectivity index (χ0v) is 25.5. The van der Waals surface area contributed by atoms with Crippen LogP contribution in [0.25, 0.3) is 0 Å². The topological polar surface area (TPSA) is 29.5 Å². The monoisotopic (exact) mass is 508 g/mol. The number of aliphatic hydroxyl groups is 1. The van der Waals surface area contributed by atoms with E-state index in [1.165, 1.54) is 16.8 Å². The maximum Gasteiger partial charge on any atom is 0.261 e. The Labute approximate surface area is 223 Å². The van der Waals surface area contributed by atoms with Gasteiger partial charge >= 0.3 is 0 Å². The molecule has 0 amide bonds. The predicted molar refractivity (Wildman–Crippen MR) is 157 cm³/mol. The Bertz CT molecular complexity index is 907. The Balaban J connectivity index is 1.95. The van der Waals surface area contributed by atoms with Gasteiger partial charge in [0.05, 0.1) is 0 Å². The molecule has 0 spiro atoms. The molecule has 1 saturated carbocycles. The van der Waals surface area contributed by atoms with E-state index in [0.717, 1.165) is 19.3 Å². The number of aliphatic hydroxyl groups excluding tert-OH is 1. The average Bonchev–Trinajstić information content (AvgIpc) is 3.08. The normalized spacial score (nSPS) is 24.1. The first kappa shape index (κ1) is 29.1. The van der Waals surface area contributed by atoms with E-state index in [4.69, 9.17) is 4.43 Å². The van der Waals surface area contributed by atoms with E-state index in [-0.39, 0.29) is 22.0 Å². The van der Waals surface area contributed by atoms with Gasteiger partial charge in [-0.05, 0) is 69.7 Å². The molecule has 1 aliphatic carbocycles. The molecular formula is C33H52O2Si. The van der Waals surface area contributed by atoms with E-state index in [0.29, 0.717) is 24.4 Å². The molecule has 3 heteroatoms. The van der Waals surface area contributed by atoms with Crippen molar-refractivity contribution in [2.45, 2.75) is 99.1 Å². The van der Waals surface area contributed by atoms with Gasteiger partial charge in [-0.15, -0.1) is 0 Å². The predicted octanol–water partition coefficient (Wildman–Crippen LogP) is 7.44. The standard InChI is InChI=1S/C33H52O2Si/c1-25(2)30(21-20-26(3)33(9)23-22-27(24-34)32(33,7)8)35-36(31(4,5)6,28-16-12-10-13-17-28)29-18-14-11-15-19-29/h10-19,25-27,30,34H,20-24H2,1-9H3/t26-,27-,30+,33+/m0/s1. The van der Waals surface area contributed by atoms with Crippen molar-refractivity contribution < 1.29 is 9.53 Å². The summed E-state index contributed by atoms with van der Waals surface area (Å²) in [5, 5.41) is 12.7. The van der Waals surface area contributed by atoms with Crippen LogP contribution in [0.4, 0.5) is 0 Å². The molecule has 0 radical (unpaired) electrons. The van der Waals surface area contributed by atoms with Crippen LogP contribution in [-0.2, 0) is 4.43 Å². The SMILES string of the molecule is CC(C)[C@@H](CC[C@H](C)[C@@]1(C)CC[C@@H](CO)C1(C)C)O[Si](c1ccccc1)(c1ccccc1)C(C)(C)C. The quantitative estimate of drug-likeness (QED) is 0.338. The van der Waals surface area contributed by atoms with E-state index in [1.54, 1.807) is 0 Å². The van der Waals surface area contributed by atoms with Crippen molar-refractivity contribution in [3.05, 3.63) is 60.7 Å². The summed E-state index contributed by atoms with van der Waals surface area (Å²) in [6.07, 6.45) is 4.75. The summed E-state index contributed by atoms with van der Waals surface area (Å²) in [5.74, 6) is 1.42. The highest BCUT2D eigenvalue weighted by Gasteiger charge is 2.54. The number of rotatable bonds is 10. The molecule has 1 aliphatic rings. The average molecular weight is 509 g/mol. The minimum Gasteiger partial charge on any atom is -0.404 e. The smallest absolute Gasteiger partial charge is 0.261 e. The third kappa shape index (κ3) is 5.26. The van der Waals surface area contributed by atoms with Gasteiger partial charge in [-0.2, -0.15) is 0 Å². The maximum absolute atomic E-state index is 10.0. The number of benzene rings is 2. The molecule has 0 saturated heterocycles. The largest absolute Gasteiger partial charge is 0.404 e. The van der Waals surface area contributed by atoms with Gasteiger partial charge in [0.2, 0.25) is 0 Å². The highest BCUT2D eigenvalue weighted by atomic mass is 28.4. The highest BCUT2D eigenvalue weighted by Crippen LogP contribution is 2.60. The molecule has 0 heterocycles. The van der Waals surface area contributed by atoms with Crippen LogP contribution in [0.15, 0.2) is 60.7 Å². The molecule has 1 fully saturated rings. The zero-order valence-electron chi connectivity index (χ0n) is 24.5. The van der Waals surface area contributed by atoms with Crippen molar-refractivity contribution >= 4 is 18.7 Å². The van der Waals surface area contributed by atoms with Gasteiger partial charge in [0.1, 0.15) is 0 Å². The molecule has 36 heavy (non-hydrogen) atoms. The van der Waals surface area contributed by atoms with Crippen LogP contribution in [-0.4, -0.2) is 26.1 Å². The highest BCUT2D eigenvalue weighted by molar-refractivity contribution is 6.99. The lowest BCUT2D eigenvalue weighted by Gasteiger charge is -2.48. The van der Waals surface area contributed by atoms with Crippen LogP contribution in [0.3, 0.4) is 0 Å². The molecule has 0 aromatic heterocycles. The fourth-order valence-corrected chi connectivity index (χ4v) is 11.9. The summed E-state index contributed by atoms with van der Waals surface area (Å²) >= 11 is 0. The third-order valence-corrected chi connectivity index (χ3v) is 15.2. The Hall–Kier alpha value is -1.42. The Morgan fingerprint density at radius 1 is 0.889 bits per heavy atom. The molecule has 0 unspecified atom stereocenters. The van der Waals surface area contributed by atoms with Crippen LogP contribution >= 0.6 is 0 Å². The number of hydrogen-bond donors (Lipinski definition) is 1. The molecule has 2 aromatic rings. The van der Waals surface area contributed by atoms with E-state index >= 15 is 0 Å². The minimum absolute atomic E-state index is 0.0117. The summed E-state index contributed by atoms with van der Waals surface area (Å²) in [5.41, 5.74) is 0.382. The summed E-state index contributed by atoms with van der Waals surface area (Å²) in [7, 11) is -2.58. The summed E-state index contributed by atoms with van der Waals surface area (Å²) < 4.78 is 7.58. The van der Waals surface area contributed by atoms with Crippen molar-refractivity contribution in [1.29, 1.82) is 0 Å². The maximum atomic E-state index is 10.0.